The van der Waals surface area contributed by atoms with E-state index in [4.69, 9.17) is 0 Å². The highest BCUT2D eigenvalue weighted by Crippen LogP contribution is 2.24. The zero-order valence-electron chi connectivity index (χ0n) is 11.8. The summed E-state index contributed by atoms with van der Waals surface area (Å²) in [7, 11) is 1.87. The highest BCUT2D eigenvalue weighted by Gasteiger charge is 2.14. The van der Waals surface area contributed by atoms with E-state index in [1.165, 1.54) is 17.2 Å². The van der Waals surface area contributed by atoms with Crippen molar-refractivity contribution in [2.75, 3.05) is 7.05 Å². The number of hydrogen-bond donors (Lipinski definition) is 1. The van der Waals surface area contributed by atoms with Crippen LogP contribution in [-0.2, 0) is 12.8 Å². The van der Waals surface area contributed by atoms with Crippen LogP contribution in [0.1, 0.15) is 29.7 Å². The van der Waals surface area contributed by atoms with Gasteiger partial charge >= 0.3 is 0 Å². The number of benzene rings is 2. The van der Waals surface area contributed by atoms with Crippen LogP contribution in [0.4, 0.5) is 4.39 Å². The molecule has 0 saturated heterocycles. The predicted octanol–water partition coefficient (Wildman–Crippen LogP) is 4.65. The van der Waals surface area contributed by atoms with E-state index >= 15 is 0 Å². The van der Waals surface area contributed by atoms with Gasteiger partial charge in [-0.3, -0.25) is 0 Å². The van der Waals surface area contributed by atoms with Gasteiger partial charge < -0.3 is 5.32 Å². The Morgan fingerprint density at radius 2 is 1.75 bits per heavy atom. The van der Waals surface area contributed by atoms with Crippen molar-refractivity contribution in [2.45, 2.75) is 25.8 Å². The molecule has 0 aromatic heterocycles. The van der Waals surface area contributed by atoms with Crippen molar-refractivity contribution >= 4 is 15.9 Å². The first kappa shape index (κ1) is 15.2. The Kier molecular flexibility index (Phi) is 5.32. The Hall–Kier alpha value is -1.19. The molecule has 0 fully saturated rings. The summed E-state index contributed by atoms with van der Waals surface area (Å²) in [6.07, 6.45) is 1.82. The van der Waals surface area contributed by atoms with Crippen LogP contribution in [-0.4, -0.2) is 7.05 Å². The standard InChI is InChI=1S/C17H19BrFN/c1-3-12-4-6-13(7-5-12)10-17(20-2)15-9-8-14(18)11-16(15)19/h4-9,11,17,20H,3,10H2,1-2H3. The van der Waals surface area contributed by atoms with Crippen molar-refractivity contribution in [3.63, 3.8) is 0 Å². The molecule has 0 saturated carbocycles. The molecule has 2 aromatic carbocycles. The maximum Gasteiger partial charge on any atom is 0.129 e. The first-order chi connectivity index (χ1) is 9.63. The zero-order valence-corrected chi connectivity index (χ0v) is 13.4. The lowest BCUT2D eigenvalue weighted by molar-refractivity contribution is 0.533. The average molecular weight is 336 g/mol. The fourth-order valence-corrected chi connectivity index (χ4v) is 2.63. The molecule has 0 aliphatic heterocycles. The number of likely N-dealkylation sites (N-methyl/N-ethyl adjacent to an activating group) is 1. The molecule has 0 amide bonds. The molecule has 0 aliphatic rings. The van der Waals surface area contributed by atoms with Crippen LogP contribution in [0, 0.1) is 5.82 Å². The van der Waals surface area contributed by atoms with Gasteiger partial charge in [0, 0.05) is 16.1 Å². The summed E-state index contributed by atoms with van der Waals surface area (Å²) in [6.45, 7) is 2.14. The SMILES string of the molecule is CCc1ccc(CC(NC)c2ccc(Br)cc2F)cc1. The molecule has 0 bridgehead atoms. The fourth-order valence-electron chi connectivity index (χ4n) is 2.30. The highest BCUT2D eigenvalue weighted by molar-refractivity contribution is 9.10. The van der Waals surface area contributed by atoms with Crippen LogP contribution >= 0.6 is 15.9 Å². The molecule has 106 valence electrons. The molecule has 3 heteroatoms. The highest BCUT2D eigenvalue weighted by atomic mass is 79.9. The van der Waals surface area contributed by atoms with Gasteiger partial charge in [0.25, 0.3) is 0 Å². The Balaban J connectivity index is 2.19. The van der Waals surface area contributed by atoms with Gasteiger partial charge in [-0.25, -0.2) is 4.39 Å². The molecule has 2 rings (SSSR count). The molecule has 1 nitrogen and oxygen atoms in total. The van der Waals surface area contributed by atoms with E-state index in [2.05, 4.69) is 52.4 Å². The van der Waals surface area contributed by atoms with Crippen LogP contribution in [0.3, 0.4) is 0 Å². The summed E-state index contributed by atoms with van der Waals surface area (Å²) in [5.74, 6) is -0.177. The molecule has 0 radical (unpaired) electrons. The second-order valence-corrected chi connectivity index (χ2v) is 5.80. The van der Waals surface area contributed by atoms with Crippen molar-refractivity contribution in [1.82, 2.24) is 5.32 Å². The van der Waals surface area contributed by atoms with Gasteiger partial charge in [0.2, 0.25) is 0 Å². The molecule has 0 aliphatic carbocycles. The van der Waals surface area contributed by atoms with Crippen molar-refractivity contribution in [1.29, 1.82) is 0 Å². The minimum Gasteiger partial charge on any atom is -0.313 e. The van der Waals surface area contributed by atoms with E-state index in [0.717, 1.165) is 17.3 Å². The van der Waals surface area contributed by atoms with Crippen molar-refractivity contribution in [3.05, 3.63) is 69.4 Å². The molecular formula is C17H19BrFN. The third-order valence-electron chi connectivity index (χ3n) is 3.56. The van der Waals surface area contributed by atoms with E-state index in [9.17, 15) is 4.39 Å². The minimum absolute atomic E-state index is 0.0180. The average Bonchev–Trinajstić information content (AvgIpc) is 2.46. The Labute approximate surface area is 128 Å². The first-order valence-corrected chi connectivity index (χ1v) is 7.63. The van der Waals surface area contributed by atoms with E-state index in [1.54, 1.807) is 0 Å². The van der Waals surface area contributed by atoms with E-state index in [-0.39, 0.29) is 11.9 Å². The summed E-state index contributed by atoms with van der Waals surface area (Å²) in [6, 6.07) is 13.7. The number of aryl methyl sites for hydroxylation is 1. The number of hydrogen-bond acceptors (Lipinski definition) is 1. The smallest absolute Gasteiger partial charge is 0.129 e. The second-order valence-electron chi connectivity index (χ2n) is 4.88. The second kappa shape index (κ2) is 7.00. The predicted molar refractivity (Wildman–Crippen MR) is 85.4 cm³/mol. The van der Waals surface area contributed by atoms with Crippen LogP contribution in [0.2, 0.25) is 0 Å². The molecule has 0 heterocycles. The topological polar surface area (TPSA) is 12.0 Å². The number of rotatable bonds is 5. The third-order valence-corrected chi connectivity index (χ3v) is 4.05. The maximum atomic E-state index is 14.0. The molecule has 0 spiro atoms. The van der Waals surface area contributed by atoms with E-state index in [0.29, 0.717) is 5.56 Å². The van der Waals surface area contributed by atoms with Crippen molar-refractivity contribution in [2.24, 2.45) is 0 Å². The summed E-state index contributed by atoms with van der Waals surface area (Å²) >= 11 is 3.29. The molecule has 1 atom stereocenters. The van der Waals surface area contributed by atoms with Gasteiger partial charge in [0.05, 0.1) is 0 Å². The van der Waals surface area contributed by atoms with E-state index in [1.807, 2.05) is 19.2 Å². The normalized spacial score (nSPS) is 12.4. The van der Waals surface area contributed by atoms with Crippen molar-refractivity contribution < 1.29 is 4.39 Å². The lowest BCUT2D eigenvalue weighted by Crippen LogP contribution is -2.20. The Morgan fingerprint density at radius 1 is 1.10 bits per heavy atom. The first-order valence-electron chi connectivity index (χ1n) is 6.84. The third kappa shape index (κ3) is 3.68. The fraction of sp³-hybridized carbons (Fsp3) is 0.294. The van der Waals surface area contributed by atoms with Gasteiger partial charge in [-0.05, 0) is 43.1 Å². The van der Waals surface area contributed by atoms with Gasteiger partial charge in [0.15, 0.2) is 0 Å². The quantitative estimate of drug-likeness (QED) is 0.838. The van der Waals surface area contributed by atoms with Crippen LogP contribution in [0.15, 0.2) is 46.9 Å². The van der Waals surface area contributed by atoms with Gasteiger partial charge in [0.1, 0.15) is 5.82 Å². The number of halogens is 2. The summed E-state index contributed by atoms with van der Waals surface area (Å²) < 4.78 is 14.8. The summed E-state index contributed by atoms with van der Waals surface area (Å²) in [5.41, 5.74) is 3.24. The maximum absolute atomic E-state index is 14.0. The van der Waals surface area contributed by atoms with Crippen molar-refractivity contribution in [3.8, 4) is 0 Å². The van der Waals surface area contributed by atoms with Crippen LogP contribution < -0.4 is 5.32 Å². The van der Waals surface area contributed by atoms with Gasteiger partial charge in [-0.15, -0.1) is 0 Å². The lowest BCUT2D eigenvalue weighted by atomic mass is 9.97. The van der Waals surface area contributed by atoms with Crippen LogP contribution in [0.25, 0.3) is 0 Å². The van der Waals surface area contributed by atoms with Crippen LogP contribution in [0.5, 0.6) is 0 Å². The molecule has 1 unspecified atom stereocenters. The molecule has 2 aromatic rings. The van der Waals surface area contributed by atoms with E-state index < -0.39 is 0 Å². The Morgan fingerprint density at radius 3 is 2.30 bits per heavy atom. The molecule has 20 heavy (non-hydrogen) atoms. The largest absolute Gasteiger partial charge is 0.313 e. The molecular weight excluding hydrogens is 317 g/mol. The minimum atomic E-state index is -0.177. The monoisotopic (exact) mass is 335 g/mol. The molecule has 1 N–H and O–H groups in total. The zero-order chi connectivity index (χ0) is 14.5. The summed E-state index contributed by atoms with van der Waals surface area (Å²) in [4.78, 5) is 0. The van der Waals surface area contributed by atoms with Gasteiger partial charge in [-0.2, -0.15) is 0 Å². The Bertz CT molecular complexity index is 566. The lowest BCUT2D eigenvalue weighted by Gasteiger charge is -2.18. The summed E-state index contributed by atoms with van der Waals surface area (Å²) in [5, 5.41) is 3.20. The number of nitrogens with one attached hydrogen (secondary N) is 1. The van der Waals surface area contributed by atoms with Gasteiger partial charge in [-0.1, -0.05) is 53.2 Å².